The molecule has 1 aromatic carbocycles. The van der Waals surface area contributed by atoms with Crippen LogP contribution in [0.15, 0.2) is 29.1 Å². The van der Waals surface area contributed by atoms with E-state index in [1.54, 1.807) is 13.0 Å². The van der Waals surface area contributed by atoms with Gasteiger partial charge in [-0.3, -0.25) is 14.4 Å². The Labute approximate surface area is 152 Å². The van der Waals surface area contributed by atoms with Crippen LogP contribution in [0, 0.1) is 6.92 Å². The minimum atomic E-state index is -1.89. The molecule has 0 saturated carbocycles. The topological polar surface area (TPSA) is 100 Å². The SMILES string of the molecule is Cc1cc(Cl)c(NC(=O)C2(C)Oc3ccc(Cl)cc3NC2=O)c(=O)[nH]1. The number of pyridine rings is 1. The first-order valence-corrected chi connectivity index (χ1v) is 7.97. The summed E-state index contributed by atoms with van der Waals surface area (Å²) in [7, 11) is 0. The van der Waals surface area contributed by atoms with Gasteiger partial charge in [-0.1, -0.05) is 23.2 Å². The van der Waals surface area contributed by atoms with E-state index in [9.17, 15) is 14.4 Å². The summed E-state index contributed by atoms with van der Waals surface area (Å²) < 4.78 is 5.59. The van der Waals surface area contributed by atoms with Gasteiger partial charge in [-0.05, 0) is 38.1 Å². The van der Waals surface area contributed by atoms with Crippen LogP contribution < -0.4 is 20.9 Å². The summed E-state index contributed by atoms with van der Waals surface area (Å²) in [6.45, 7) is 2.95. The number of hydrogen-bond donors (Lipinski definition) is 3. The molecule has 2 heterocycles. The highest BCUT2D eigenvalue weighted by atomic mass is 35.5. The van der Waals surface area contributed by atoms with E-state index in [0.29, 0.717) is 16.4 Å². The molecule has 1 aliphatic rings. The molecule has 0 bridgehead atoms. The molecule has 130 valence electrons. The smallest absolute Gasteiger partial charge is 0.278 e. The first kappa shape index (κ1) is 17.3. The van der Waals surface area contributed by atoms with Crippen molar-refractivity contribution in [1.29, 1.82) is 0 Å². The molecule has 0 aliphatic carbocycles. The quantitative estimate of drug-likeness (QED) is 0.696. The van der Waals surface area contributed by atoms with Crippen LogP contribution in [-0.4, -0.2) is 22.4 Å². The Hall–Kier alpha value is -2.51. The molecule has 2 aromatic rings. The zero-order chi connectivity index (χ0) is 18.4. The summed E-state index contributed by atoms with van der Waals surface area (Å²) in [4.78, 5) is 39.5. The third-order valence-electron chi connectivity index (χ3n) is 3.73. The average molecular weight is 382 g/mol. The number of ether oxygens (including phenoxy) is 1. The lowest BCUT2D eigenvalue weighted by molar-refractivity contribution is -0.143. The number of amides is 2. The number of aryl methyl sites for hydroxylation is 1. The van der Waals surface area contributed by atoms with Gasteiger partial charge in [0.25, 0.3) is 23.0 Å². The number of halogens is 2. The van der Waals surface area contributed by atoms with E-state index < -0.39 is 23.0 Å². The van der Waals surface area contributed by atoms with Crippen molar-refractivity contribution in [3.8, 4) is 5.75 Å². The number of carbonyl (C=O) groups excluding carboxylic acids is 2. The largest absolute Gasteiger partial charge is 0.466 e. The number of carbonyl (C=O) groups is 2. The van der Waals surface area contributed by atoms with Crippen molar-refractivity contribution in [1.82, 2.24) is 4.98 Å². The summed E-state index contributed by atoms with van der Waals surface area (Å²) in [5, 5.41) is 5.40. The predicted molar refractivity (Wildman–Crippen MR) is 94.6 cm³/mol. The van der Waals surface area contributed by atoms with Gasteiger partial charge in [-0.2, -0.15) is 0 Å². The summed E-state index contributed by atoms with van der Waals surface area (Å²) in [6.07, 6.45) is 0. The lowest BCUT2D eigenvalue weighted by Crippen LogP contribution is -2.57. The number of anilines is 2. The van der Waals surface area contributed by atoms with Gasteiger partial charge in [0.2, 0.25) is 0 Å². The predicted octanol–water partition coefficient (Wildman–Crippen LogP) is 2.72. The molecule has 0 fully saturated rings. The Kier molecular flexibility index (Phi) is 4.22. The number of rotatable bonds is 2. The lowest BCUT2D eigenvalue weighted by Gasteiger charge is -2.33. The molecular weight excluding hydrogens is 369 g/mol. The highest BCUT2D eigenvalue weighted by Gasteiger charge is 2.47. The van der Waals surface area contributed by atoms with Gasteiger partial charge in [-0.15, -0.1) is 0 Å². The Balaban J connectivity index is 1.93. The summed E-state index contributed by atoms with van der Waals surface area (Å²) in [5.41, 5.74) is -1.73. The van der Waals surface area contributed by atoms with Crippen molar-refractivity contribution in [2.45, 2.75) is 19.4 Å². The van der Waals surface area contributed by atoms with Crippen molar-refractivity contribution < 1.29 is 14.3 Å². The second-order valence-electron chi connectivity index (χ2n) is 5.69. The second-order valence-corrected chi connectivity index (χ2v) is 6.53. The number of aromatic amines is 1. The molecule has 1 aromatic heterocycles. The van der Waals surface area contributed by atoms with Gasteiger partial charge in [0.15, 0.2) is 0 Å². The maximum Gasteiger partial charge on any atom is 0.278 e. The monoisotopic (exact) mass is 381 g/mol. The maximum atomic E-state index is 12.6. The van der Waals surface area contributed by atoms with E-state index >= 15 is 0 Å². The fourth-order valence-corrected chi connectivity index (χ4v) is 2.81. The molecule has 3 rings (SSSR count). The highest BCUT2D eigenvalue weighted by molar-refractivity contribution is 6.34. The standard InChI is InChI=1S/C16H13Cl2N3O4/c1-7-5-9(18)12(13(22)19-7)21-15(24)16(2)14(23)20-10-6-8(17)3-4-11(10)25-16/h3-6H,1-2H3,(H,19,22)(H,20,23)(H,21,24). The van der Waals surface area contributed by atoms with Crippen molar-refractivity contribution in [3.63, 3.8) is 0 Å². The molecule has 9 heteroatoms. The van der Waals surface area contributed by atoms with Gasteiger partial charge < -0.3 is 20.4 Å². The Morgan fingerprint density at radius 2 is 1.96 bits per heavy atom. The summed E-state index contributed by atoms with van der Waals surface area (Å²) in [6, 6.07) is 6.10. The van der Waals surface area contributed by atoms with Crippen LogP contribution in [0.3, 0.4) is 0 Å². The number of benzene rings is 1. The normalized spacial score (nSPS) is 18.8. The molecule has 3 N–H and O–H groups in total. The minimum Gasteiger partial charge on any atom is -0.466 e. The second kappa shape index (κ2) is 6.09. The highest BCUT2D eigenvalue weighted by Crippen LogP contribution is 2.36. The number of aromatic nitrogens is 1. The van der Waals surface area contributed by atoms with Crippen LogP contribution in [0.5, 0.6) is 5.75 Å². The van der Waals surface area contributed by atoms with Crippen LogP contribution >= 0.6 is 23.2 Å². The fraction of sp³-hybridized carbons (Fsp3) is 0.188. The van der Waals surface area contributed by atoms with Gasteiger partial charge in [0.1, 0.15) is 11.4 Å². The molecule has 2 amide bonds. The van der Waals surface area contributed by atoms with Crippen molar-refractivity contribution in [3.05, 3.63) is 50.4 Å². The zero-order valence-electron chi connectivity index (χ0n) is 13.2. The number of hydrogen-bond acceptors (Lipinski definition) is 4. The van der Waals surface area contributed by atoms with E-state index in [0.717, 1.165) is 0 Å². The Morgan fingerprint density at radius 3 is 2.64 bits per heavy atom. The van der Waals surface area contributed by atoms with Gasteiger partial charge in [-0.25, -0.2) is 0 Å². The fourth-order valence-electron chi connectivity index (χ4n) is 2.34. The van der Waals surface area contributed by atoms with Gasteiger partial charge in [0, 0.05) is 10.7 Å². The molecule has 1 atom stereocenters. The Morgan fingerprint density at radius 1 is 1.24 bits per heavy atom. The van der Waals surface area contributed by atoms with Crippen LogP contribution in [0.25, 0.3) is 0 Å². The third-order valence-corrected chi connectivity index (χ3v) is 4.26. The van der Waals surface area contributed by atoms with Crippen LogP contribution in [0.2, 0.25) is 10.0 Å². The molecule has 0 radical (unpaired) electrons. The lowest BCUT2D eigenvalue weighted by atomic mass is 10.0. The first-order chi connectivity index (χ1) is 11.7. The van der Waals surface area contributed by atoms with Gasteiger partial charge in [0.05, 0.1) is 10.7 Å². The van der Waals surface area contributed by atoms with Crippen LogP contribution in [-0.2, 0) is 9.59 Å². The van der Waals surface area contributed by atoms with E-state index in [-0.39, 0.29) is 16.5 Å². The molecule has 0 saturated heterocycles. The molecule has 1 unspecified atom stereocenters. The molecule has 0 spiro atoms. The van der Waals surface area contributed by atoms with E-state index in [1.165, 1.54) is 25.1 Å². The Bertz CT molecular complexity index is 957. The first-order valence-electron chi connectivity index (χ1n) is 7.21. The van der Waals surface area contributed by atoms with Crippen LogP contribution in [0.1, 0.15) is 12.6 Å². The number of fused-ring (bicyclic) bond motifs is 1. The van der Waals surface area contributed by atoms with Crippen molar-refractivity contribution >= 4 is 46.4 Å². The number of H-pyrrole nitrogens is 1. The van der Waals surface area contributed by atoms with E-state index in [4.69, 9.17) is 27.9 Å². The minimum absolute atomic E-state index is 0.0570. The van der Waals surface area contributed by atoms with Crippen LogP contribution in [0.4, 0.5) is 11.4 Å². The molecule has 7 nitrogen and oxygen atoms in total. The maximum absolute atomic E-state index is 12.6. The summed E-state index contributed by atoms with van der Waals surface area (Å²) >= 11 is 11.9. The summed E-state index contributed by atoms with van der Waals surface area (Å²) in [5.74, 6) is -1.24. The third kappa shape index (κ3) is 3.08. The van der Waals surface area contributed by atoms with Gasteiger partial charge >= 0.3 is 0 Å². The molecule has 1 aliphatic heterocycles. The molecular formula is C16H13Cl2N3O4. The number of nitrogens with one attached hydrogen (secondary N) is 3. The van der Waals surface area contributed by atoms with Crippen molar-refractivity contribution in [2.75, 3.05) is 10.6 Å². The zero-order valence-corrected chi connectivity index (χ0v) is 14.7. The molecule has 25 heavy (non-hydrogen) atoms. The van der Waals surface area contributed by atoms with Crippen molar-refractivity contribution in [2.24, 2.45) is 0 Å². The van der Waals surface area contributed by atoms with E-state index in [1.807, 2.05) is 0 Å². The average Bonchev–Trinajstić information content (AvgIpc) is 2.52. The van der Waals surface area contributed by atoms with E-state index in [2.05, 4.69) is 15.6 Å².